The standard InChI is InChI=1S/C17H22N2O5/c1-3-4-5-6-7-8-9-23-17-18-14-11-13(19(21)22)10-12(2)15(14)16(20)24-17/h10-11H,3-9H2,1-2H3. The maximum Gasteiger partial charge on any atom is 0.397 e. The van der Waals surface area contributed by atoms with Crippen LogP contribution in [0, 0.1) is 17.0 Å². The molecular weight excluding hydrogens is 312 g/mol. The van der Waals surface area contributed by atoms with E-state index in [2.05, 4.69) is 11.9 Å². The number of unbranched alkanes of at least 4 members (excludes halogenated alkanes) is 5. The quantitative estimate of drug-likeness (QED) is 0.388. The van der Waals surface area contributed by atoms with E-state index in [9.17, 15) is 14.9 Å². The molecule has 0 saturated carbocycles. The van der Waals surface area contributed by atoms with Crippen molar-refractivity contribution in [2.75, 3.05) is 6.61 Å². The lowest BCUT2D eigenvalue weighted by Gasteiger charge is -2.05. The van der Waals surface area contributed by atoms with E-state index in [-0.39, 0.29) is 22.7 Å². The Morgan fingerprint density at radius 3 is 2.62 bits per heavy atom. The molecule has 0 bridgehead atoms. The summed E-state index contributed by atoms with van der Waals surface area (Å²) in [6, 6.07) is 2.59. The summed E-state index contributed by atoms with van der Waals surface area (Å²) in [5, 5.41) is 11.2. The van der Waals surface area contributed by atoms with Crippen molar-refractivity contribution in [3.05, 3.63) is 38.2 Å². The van der Waals surface area contributed by atoms with Crippen LogP contribution in [0.5, 0.6) is 6.08 Å². The summed E-state index contributed by atoms with van der Waals surface area (Å²) in [6.07, 6.45) is 6.55. The number of ether oxygens (including phenoxy) is 1. The number of fused-ring (bicyclic) bond motifs is 1. The summed E-state index contributed by atoms with van der Waals surface area (Å²) in [5.41, 5.74) is -0.0239. The predicted octanol–water partition coefficient (Wildman–Crippen LogP) is 4.14. The topological polar surface area (TPSA) is 95.5 Å². The molecule has 0 fully saturated rings. The Labute approximate surface area is 139 Å². The van der Waals surface area contributed by atoms with E-state index in [1.807, 2.05) is 0 Å². The molecule has 130 valence electrons. The molecule has 0 N–H and O–H groups in total. The fourth-order valence-corrected chi connectivity index (χ4v) is 2.56. The molecule has 0 atom stereocenters. The minimum Gasteiger partial charge on any atom is -0.450 e. The number of aromatic nitrogens is 1. The first-order valence-electron chi connectivity index (χ1n) is 8.25. The van der Waals surface area contributed by atoms with E-state index in [0.29, 0.717) is 12.2 Å². The van der Waals surface area contributed by atoms with Crippen molar-refractivity contribution in [3.8, 4) is 6.08 Å². The van der Waals surface area contributed by atoms with Gasteiger partial charge in [-0.3, -0.25) is 10.1 Å². The molecule has 0 amide bonds. The number of nitrogens with zero attached hydrogens (tertiary/aromatic N) is 2. The van der Waals surface area contributed by atoms with Crippen LogP contribution in [0.1, 0.15) is 51.0 Å². The number of benzene rings is 1. The third-order valence-electron chi connectivity index (χ3n) is 3.83. The van der Waals surface area contributed by atoms with E-state index < -0.39 is 10.5 Å². The Balaban J connectivity index is 2.06. The van der Waals surface area contributed by atoms with Gasteiger partial charge in [0.05, 0.1) is 22.4 Å². The van der Waals surface area contributed by atoms with Crippen LogP contribution in [0.25, 0.3) is 10.9 Å². The second kappa shape index (κ2) is 8.42. The van der Waals surface area contributed by atoms with E-state index in [1.165, 1.54) is 31.4 Å². The minimum atomic E-state index is -0.592. The molecule has 0 aliphatic heterocycles. The van der Waals surface area contributed by atoms with Crippen LogP contribution < -0.4 is 10.4 Å². The number of nitro groups is 1. The monoisotopic (exact) mass is 334 g/mol. The molecule has 1 aromatic heterocycles. The van der Waals surface area contributed by atoms with E-state index in [0.717, 1.165) is 19.3 Å². The molecule has 1 aromatic carbocycles. The Morgan fingerprint density at radius 1 is 1.21 bits per heavy atom. The van der Waals surface area contributed by atoms with Crippen LogP contribution in [0.15, 0.2) is 21.3 Å². The Kier molecular flexibility index (Phi) is 6.28. The summed E-state index contributed by atoms with van der Waals surface area (Å²) in [5.74, 6) is 0. The molecule has 0 spiro atoms. The van der Waals surface area contributed by atoms with Gasteiger partial charge >= 0.3 is 11.7 Å². The number of rotatable bonds is 9. The fourth-order valence-electron chi connectivity index (χ4n) is 2.56. The van der Waals surface area contributed by atoms with Gasteiger partial charge in [-0.1, -0.05) is 39.0 Å². The second-order valence-electron chi connectivity index (χ2n) is 5.80. The fraction of sp³-hybridized carbons (Fsp3) is 0.529. The smallest absolute Gasteiger partial charge is 0.397 e. The van der Waals surface area contributed by atoms with Gasteiger partial charge in [0.25, 0.3) is 5.69 Å². The molecule has 24 heavy (non-hydrogen) atoms. The number of hydrogen-bond acceptors (Lipinski definition) is 6. The highest BCUT2D eigenvalue weighted by atomic mass is 16.6. The van der Waals surface area contributed by atoms with Gasteiger partial charge in [0.1, 0.15) is 0 Å². The number of non-ortho nitro benzene ring substituents is 1. The zero-order valence-corrected chi connectivity index (χ0v) is 14.0. The SMILES string of the molecule is CCCCCCCCOc1nc2cc([N+](=O)[O-])cc(C)c2c(=O)o1. The minimum absolute atomic E-state index is 0.111. The summed E-state index contributed by atoms with van der Waals surface area (Å²) in [4.78, 5) is 26.6. The normalized spacial score (nSPS) is 10.9. The zero-order chi connectivity index (χ0) is 17.5. The highest BCUT2D eigenvalue weighted by molar-refractivity contribution is 5.83. The molecule has 0 radical (unpaired) electrons. The Hall–Kier alpha value is -2.44. The molecule has 0 unspecified atom stereocenters. The number of aryl methyl sites for hydroxylation is 1. The largest absolute Gasteiger partial charge is 0.450 e. The van der Waals surface area contributed by atoms with E-state index in [1.54, 1.807) is 6.92 Å². The van der Waals surface area contributed by atoms with Crippen molar-refractivity contribution >= 4 is 16.6 Å². The van der Waals surface area contributed by atoms with Gasteiger partial charge in [0, 0.05) is 12.1 Å². The van der Waals surface area contributed by atoms with Crippen molar-refractivity contribution < 1.29 is 14.1 Å². The lowest BCUT2D eigenvalue weighted by atomic mass is 10.1. The molecule has 7 nitrogen and oxygen atoms in total. The molecule has 2 aromatic rings. The first kappa shape index (κ1) is 17.9. The summed E-state index contributed by atoms with van der Waals surface area (Å²) in [7, 11) is 0. The summed E-state index contributed by atoms with van der Waals surface area (Å²) < 4.78 is 10.5. The average Bonchev–Trinajstić information content (AvgIpc) is 2.53. The van der Waals surface area contributed by atoms with Gasteiger partial charge in [-0.05, 0) is 18.9 Å². The van der Waals surface area contributed by atoms with Crippen LogP contribution in [0.2, 0.25) is 0 Å². The summed E-state index contributed by atoms with van der Waals surface area (Å²) in [6.45, 7) is 4.19. The zero-order valence-electron chi connectivity index (χ0n) is 14.0. The Bertz CT molecular complexity index is 769. The maximum atomic E-state index is 12.1. The molecule has 0 aliphatic carbocycles. The second-order valence-corrected chi connectivity index (χ2v) is 5.80. The van der Waals surface area contributed by atoms with Gasteiger partial charge in [-0.15, -0.1) is 0 Å². The van der Waals surface area contributed by atoms with Crippen LogP contribution in [-0.2, 0) is 0 Å². The van der Waals surface area contributed by atoms with Gasteiger partial charge in [0.15, 0.2) is 0 Å². The third kappa shape index (κ3) is 4.53. The average molecular weight is 334 g/mol. The number of hydrogen-bond donors (Lipinski definition) is 0. The van der Waals surface area contributed by atoms with Gasteiger partial charge < -0.3 is 9.15 Å². The third-order valence-corrected chi connectivity index (χ3v) is 3.83. The van der Waals surface area contributed by atoms with Gasteiger partial charge in [0.2, 0.25) is 0 Å². The van der Waals surface area contributed by atoms with Crippen LogP contribution >= 0.6 is 0 Å². The van der Waals surface area contributed by atoms with E-state index >= 15 is 0 Å². The maximum absolute atomic E-state index is 12.1. The first-order chi connectivity index (χ1) is 11.5. The molecule has 7 heteroatoms. The van der Waals surface area contributed by atoms with E-state index in [4.69, 9.17) is 9.15 Å². The predicted molar refractivity (Wildman–Crippen MR) is 90.5 cm³/mol. The first-order valence-corrected chi connectivity index (χ1v) is 8.25. The number of nitro benzene ring substituents is 1. The van der Waals surface area contributed by atoms with Crippen molar-refractivity contribution in [2.45, 2.75) is 52.4 Å². The molecule has 2 rings (SSSR count). The molecule has 0 aliphatic rings. The highest BCUT2D eigenvalue weighted by Gasteiger charge is 2.15. The van der Waals surface area contributed by atoms with Crippen molar-refractivity contribution in [3.63, 3.8) is 0 Å². The van der Waals surface area contributed by atoms with Crippen LogP contribution in [0.3, 0.4) is 0 Å². The Morgan fingerprint density at radius 2 is 1.92 bits per heavy atom. The molecular formula is C17H22N2O5. The van der Waals surface area contributed by atoms with Crippen LogP contribution in [0.4, 0.5) is 5.69 Å². The van der Waals surface area contributed by atoms with Crippen molar-refractivity contribution in [2.24, 2.45) is 0 Å². The summed E-state index contributed by atoms with van der Waals surface area (Å²) >= 11 is 0. The van der Waals surface area contributed by atoms with Crippen molar-refractivity contribution in [1.82, 2.24) is 4.98 Å². The highest BCUT2D eigenvalue weighted by Crippen LogP contribution is 2.23. The van der Waals surface area contributed by atoms with Gasteiger partial charge in [-0.25, -0.2) is 4.79 Å². The van der Waals surface area contributed by atoms with Crippen LogP contribution in [-0.4, -0.2) is 16.5 Å². The lowest BCUT2D eigenvalue weighted by Crippen LogP contribution is -2.08. The lowest BCUT2D eigenvalue weighted by molar-refractivity contribution is -0.384. The van der Waals surface area contributed by atoms with Gasteiger partial charge in [-0.2, -0.15) is 4.98 Å². The molecule has 0 saturated heterocycles. The molecule has 1 heterocycles. The van der Waals surface area contributed by atoms with Crippen molar-refractivity contribution in [1.29, 1.82) is 0 Å².